The lowest BCUT2D eigenvalue weighted by atomic mass is 9.66. The van der Waals surface area contributed by atoms with Crippen LogP contribution in [-0.4, -0.2) is 57.6 Å². The van der Waals surface area contributed by atoms with Gasteiger partial charge in [0.25, 0.3) is 0 Å². The SMILES string of the molecule is CC[C@@H](CO)N1C(=O)[C@@H]2[C@H](C(=O)Nc3ccccc3)[C@]3(C)CCC2(O3)C1C(=O)Nc1cc(C)ccc1C. The predicted octanol–water partition coefficient (Wildman–Crippen LogP) is 3.42. The number of para-hydroxylation sites is 1. The number of ether oxygens (including phenoxy) is 1. The van der Waals surface area contributed by atoms with Crippen molar-refractivity contribution in [1.29, 1.82) is 0 Å². The number of carbonyl (C=O) groups is 3. The van der Waals surface area contributed by atoms with E-state index < -0.39 is 35.1 Å². The maximum absolute atomic E-state index is 14.1. The van der Waals surface area contributed by atoms with Crippen LogP contribution in [0.15, 0.2) is 48.5 Å². The minimum absolute atomic E-state index is 0.281. The van der Waals surface area contributed by atoms with Crippen LogP contribution in [0.25, 0.3) is 0 Å². The van der Waals surface area contributed by atoms with E-state index in [1.807, 2.05) is 64.1 Å². The minimum Gasteiger partial charge on any atom is -0.394 e. The van der Waals surface area contributed by atoms with Gasteiger partial charge < -0.3 is 25.4 Å². The number of fused-ring (bicyclic) bond motifs is 1. The van der Waals surface area contributed by atoms with Crippen LogP contribution in [0, 0.1) is 25.7 Å². The topological polar surface area (TPSA) is 108 Å². The van der Waals surface area contributed by atoms with Crippen molar-refractivity contribution >= 4 is 29.1 Å². The summed E-state index contributed by atoms with van der Waals surface area (Å²) < 4.78 is 6.64. The molecule has 6 atom stereocenters. The molecule has 2 aromatic carbocycles. The Balaban J connectivity index is 1.54. The molecule has 2 bridgehead atoms. The molecule has 37 heavy (non-hydrogen) atoms. The van der Waals surface area contributed by atoms with Crippen LogP contribution in [0.3, 0.4) is 0 Å². The molecule has 196 valence electrons. The van der Waals surface area contributed by atoms with E-state index in [-0.39, 0.29) is 24.3 Å². The zero-order chi connectivity index (χ0) is 26.5. The van der Waals surface area contributed by atoms with Gasteiger partial charge >= 0.3 is 0 Å². The van der Waals surface area contributed by atoms with Gasteiger partial charge in [-0.25, -0.2) is 0 Å². The molecular formula is C29H35N3O5. The lowest BCUT2D eigenvalue weighted by Crippen LogP contribution is -2.56. The number of hydrogen-bond acceptors (Lipinski definition) is 5. The van der Waals surface area contributed by atoms with Gasteiger partial charge in [0, 0.05) is 11.4 Å². The summed E-state index contributed by atoms with van der Waals surface area (Å²) in [4.78, 5) is 43.3. The lowest BCUT2D eigenvalue weighted by Gasteiger charge is -2.36. The van der Waals surface area contributed by atoms with E-state index in [2.05, 4.69) is 10.6 Å². The number of amides is 3. The summed E-state index contributed by atoms with van der Waals surface area (Å²) in [5.74, 6) is -2.53. The Kier molecular flexibility index (Phi) is 6.36. The molecule has 3 aliphatic heterocycles. The number of rotatable bonds is 7. The molecule has 3 N–H and O–H groups in total. The van der Waals surface area contributed by atoms with Gasteiger partial charge in [0.2, 0.25) is 17.7 Å². The van der Waals surface area contributed by atoms with Crippen molar-refractivity contribution in [3.8, 4) is 0 Å². The molecular weight excluding hydrogens is 470 g/mol. The number of benzene rings is 2. The van der Waals surface area contributed by atoms with Crippen LogP contribution >= 0.6 is 0 Å². The molecule has 0 aliphatic carbocycles. The van der Waals surface area contributed by atoms with E-state index in [0.717, 1.165) is 11.1 Å². The van der Waals surface area contributed by atoms with Crippen LogP contribution in [0.5, 0.6) is 0 Å². The second-order valence-electron chi connectivity index (χ2n) is 10.9. The monoisotopic (exact) mass is 505 g/mol. The fraction of sp³-hybridized carbons (Fsp3) is 0.483. The van der Waals surface area contributed by atoms with Crippen LogP contribution in [0.4, 0.5) is 11.4 Å². The summed E-state index contributed by atoms with van der Waals surface area (Å²) >= 11 is 0. The normalized spacial score (nSPS) is 30.8. The highest BCUT2D eigenvalue weighted by Gasteiger charge is 2.78. The molecule has 1 spiro atoms. The Morgan fingerprint density at radius 2 is 1.84 bits per heavy atom. The first kappa shape index (κ1) is 25.4. The molecule has 3 saturated heterocycles. The number of carbonyl (C=O) groups excluding carboxylic acids is 3. The molecule has 3 amide bonds. The minimum atomic E-state index is -1.14. The van der Waals surface area contributed by atoms with E-state index >= 15 is 0 Å². The second kappa shape index (κ2) is 9.26. The van der Waals surface area contributed by atoms with Crippen molar-refractivity contribution in [2.24, 2.45) is 11.8 Å². The Morgan fingerprint density at radius 3 is 2.51 bits per heavy atom. The highest BCUT2D eigenvalue weighted by atomic mass is 16.5. The van der Waals surface area contributed by atoms with Gasteiger partial charge in [0.05, 0.1) is 30.1 Å². The van der Waals surface area contributed by atoms with Gasteiger partial charge in [-0.1, -0.05) is 37.3 Å². The third-order valence-electron chi connectivity index (χ3n) is 8.51. The number of likely N-dealkylation sites (tertiary alicyclic amines) is 1. The Bertz CT molecular complexity index is 1230. The molecule has 8 heteroatoms. The van der Waals surface area contributed by atoms with Crippen LogP contribution in [0.1, 0.15) is 44.2 Å². The summed E-state index contributed by atoms with van der Waals surface area (Å²) in [5.41, 5.74) is 1.20. The number of aryl methyl sites for hydroxylation is 2. The quantitative estimate of drug-likeness (QED) is 0.535. The van der Waals surface area contributed by atoms with E-state index in [9.17, 15) is 19.5 Å². The number of anilines is 2. The first-order valence-corrected chi connectivity index (χ1v) is 13.0. The van der Waals surface area contributed by atoms with Crippen molar-refractivity contribution in [3.63, 3.8) is 0 Å². The van der Waals surface area contributed by atoms with Crippen molar-refractivity contribution in [2.75, 3.05) is 17.2 Å². The average Bonchev–Trinajstić information content (AvgIpc) is 3.44. The van der Waals surface area contributed by atoms with E-state index in [1.54, 1.807) is 12.1 Å². The van der Waals surface area contributed by atoms with E-state index in [4.69, 9.17) is 4.74 Å². The molecule has 0 radical (unpaired) electrons. The lowest BCUT2D eigenvalue weighted by molar-refractivity contribution is -0.146. The number of hydrogen-bond donors (Lipinski definition) is 3. The van der Waals surface area contributed by atoms with Crippen LogP contribution < -0.4 is 10.6 Å². The Morgan fingerprint density at radius 1 is 1.11 bits per heavy atom. The van der Waals surface area contributed by atoms with Gasteiger partial charge in [-0.3, -0.25) is 14.4 Å². The molecule has 5 rings (SSSR count). The van der Waals surface area contributed by atoms with Crippen molar-refractivity contribution < 1.29 is 24.2 Å². The smallest absolute Gasteiger partial charge is 0.250 e. The zero-order valence-electron chi connectivity index (χ0n) is 21.8. The number of aliphatic hydroxyl groups is 1. The third-order valence-corrected chi connectivity index (χ3v) is 8.51. The third kappa shape index (κ3) is 3.94. The van der Waals surface area contributed by atoms with Gasteiger partial charge in [-0.2, -0.15) is 0 Å². The molecule has 3 fully saturated rings. The first-order chi connectivity index (χ1) is 17.6. The van der Waals surface area contributed by atoms with E-state index in [0.29, 0.717) is 30.6 Å². The second-order valence-corrected chi connectivity index (χ2v) is 10.9. The number of nitrogens with zero attached hydrogens (tertiary/aromatic N) is 1. The molecule has 2 aromatic rings. The molecule has 3 aliphatic rings. The number of nitrogens with one attached hydrogen (secondary N) is 2. The fourth-order valence-electron chi connectivity index (χ4n) is 6.68. The maximum Gasteiger partial charge on any atom is 0.250 e. The largest absolute Gasteiger partial charge is 0.394 e. The molecule has 2 unspecified atom stereocenters. The Hall–Kier alpha value is -3.23. The summed E-state index contributed by atoms with van der Waals surface area (Å²) in [5, 5.41) is 16.2. The summed E-state index contributed by atoms with van der Waals surface area (Å²) in [7, 11) is 0. The number of aliphatic hydroxyl groups excluding tert-OH is 1. The highest BCUT2D eigenvalue weighted by Crippen LogP contribution is 2.63. The average molecular weight is 506 g/mol. The highest BCUT2D eigenvalue weighted by molar-refractivity contribution is 6.05. The zero-order valence-corrected chi connectivity index (χ0v) is 21.8. The fourth-order valence-corrected chi connectivity index (χ4v) is 6.68. The standard InChI is InChI=1S/C29H35N3O5/c1-5-20(16-33)32-24(26(35)31-21-15-17(2)11-12-18(21)3)29-14-13-28(4,37-29)22(23(29)27(32)36)25(34)30-19-9-7-6-8-10-19/h6-12,15,20,22-24,33H,5,13-14,16H2,1-4H3,(H,30,34)(H,31,35)/t20-,22+,23-,24?,28-,29?/m0/s1. The van der Waals surface area contributed by atoms with Crippen LogP contribution in [-0.2, 0) is 19.1 Å². The molecule has 8 nitrogen and oxygen atoms in total. The predicted molar refractivity (Wildman–Crippen MR) is 140 cm³/mol. The van der Waals surface area contributed by atoms with E-state index in [1.165, 1.54) is 4.90 Å². The summed E-state index contributed by atoms with van der Waals surface area (Å²) in [6, 6.07) is 13.4. The summed E-state index contributed by atoms with van der Waals surface area (Å²) in [6.45, 7) is 7.33. The van der Waals surface area contributed by atoms with Gasteiger partial charge in [0.15, 0.2) is 0 Å². The van der Waals surface area contributed by atoms with Crippen molar-refractivity contribution in [3.05, 3.63) is 59.7 Å². The first-order valence-electron chi connectivity index (χ1n) is 13.0. The van der Waals surface area contributed by atoms with Crippen molar-refractivity contribution in [2.45, 2.75) is 70.2 Å². The van der Waals surface area contributed by atoms with Gasteiger partial charge in [0.1, 0.15) is 11.6 Å². The molecule has 3 heterocycles. The van der Waals surface area contributed by atoms with Gasteiger partial charge in [-0.05, 0) is 69.4 Å². The van der Waals surface area contributed by atoms with Crippen LogP contribution in [0.2, 0.25) is 0 Å². The maximum atomic E-state index is 14.1. The molecule has 0 saturated carbocycles. The molecule has 0 aromatic heterocycles. The van der Waals surface area contributed by atoms with Crippen molar-refractivity contribution in [1.82, 2.24) is 4.90 Å². The van der Waals surface area contributed by atoms with Gasteiger partial charge in [-0.15, -0.1) is 0 Å². The summed E-state index contributed by atoms with van der Waals surface area (Å²) in [6.07, 6.45) is 1.51. The Labute approximate surface area is 217 Å².